The number of nitrogens with one attached hydrogen (secondary N) is 1. The van der Waals surface area contributed by atoms with Crippen molar-refractivity contribution in [2.75, 3.05) is 6.54 Å². The van der Waals surface area contributed by atoms with Crippen LogP contribution in [0.5, 0.6) is 0 Å². The summed E-state index contributed by atoms with van der Waals surface area (Å²) in [5, 5.41) is 13.1. The minimum atomic E-state index is -0.120. The van der Waals surface area contributed by atoms with Crippen LogP contribution < -0.4 is 5.32 Å². The molecule has 78 valence electrons. The van der Waals surface area contributed by atoms with Gasteiger partial charge in [-0.15, -0.1) is 0 Å². The van der Waals surface area contributed by atoms with Gasteiger partial charge in [0.2, 0.25) is 0 Å². The largest absolute Gasteiger partial charge is 0.392 e. The minimum absolute atomic E-state index is 0.0608. The van der Waals surface area contributed by atoms with Crippen molar-refractivity contribution in [3.05, 3.63) is 0 Å². The van der Waals surface area contributed by atoms with E-state index < -0.39 is 0 Å². The summed E-state index contributed by atoms with van der Waals surface area (Å²) < 4.78 is 0. The van der Waals surface area contributed by atoms with Gasteiger partial charge >= 0.3 is 0 Å². The first-order chi connectivity index (χ1) is 5.73. The van der Waals surface area contributed by atoms with E-state index in [2.05, 4.69) is 39.9 Å². The van der Waals surface area contributed by atoms with E-state index in [1.807, 2.05) is 0 Å². The maximum absolute atomic E-state index is 9.54. The van der Waals surface area contributed by atoms with E-state index in [1.54, 1.807) is 0 Å². The lowest BCUT2D eigenvalue weighted by atomic mass is 9.64. The Hall–Kier alpha value is -0.0800. The predicted molar refractivity (Wildman–Crippen MR) is 55.7 cm³/mol. The molecule has 0 aromatic rings. The molecule has 2 N–H and O–H groups in total. The van der Waals surface area contributed by atoms with Gasteiger partial charge in [0.25, 0.3) is 0 Å². The minimum Gasteiger partial charge on any atom is -0.392 e. The van der Waals surface area contributed by atoms with Crippen LogP contribution in [0.15, 0.2) is 0 Å². The fraction of sp³-hybridized carbons (Fsp3) is 1.00. The molecule has 0 amide bonds. The molecule has 0 aromatic carbocycles. The summed E-state index contributed by atoms with van der Waals surface area (Å²) in [7, 11) is 0. The Balaban J connectivity index is 2.33. The summed E-state index contributed by atoms with van der Waals surface area (Å²) in [6.07, 6.45) is 0.785. The zero-order valence-corrected chi connectivity index (χ0v) is 9.52. The van der Waals surface area contributed by atoms with Crippen LogP contribution in [-0.4, -0.2) is 23.8 Å². The molecule has 2 heteroatoms. The van der Waals surface area contributed by atoms with Crippen LogP contribution in [-0.2, 0) is 0 Å². The first-order valence-corrected chi connectivity index (χ1v) is 5.15. The second-order valence-corrected chi connectivity index (χ2v) is 6.07. The molecule has 0 spiro atoms. The van der Waals surface area contributed by atoms with Crippen LogP contribution in [0.4, 0.5) is 0 Å². The molecule has 0 aromatic heterocycles. The van der Waals surface area contributed by atoms with Crippen molar-refractivity contribution in [1.82, 2.24) is 5.32 Å². The van der Waals surface area contributed by atoms with Gasteiger partial charge in [0.15, 0.2) is 0 Å². The Kier molecular flexibility index (Phi) is 2.75. The van der Waals surface area contributed by atoms with E-state index in [0.717, 1.165) is 13.0 Å². The predicted octanol–water partition coefficient (Wildman–Crippen LogP) is 1.78. The fourth-order valence-corrected chi connectivity index (χ4v) is 1.68. The highest BCUT2D eigenvalue weighted by atomic mass is 16.3. The van der Waals surface area contributed by atoms with Gasteiger partial charge in [-0.25, -0.2) is 0 Å². The first kappa shape index (κ1) is 11.0. The summed E-state index contributed by atoms with van der Waals surface area (Å²) in [5.41, 5.74) is 0.391. The third-order valence-corrected chi connectivity index (χ3v) is 3.09. The van der Waals surface area contributed by atoms with Crippen LogP contribution >= 0.6 is 0 Å². The van der Waals surface area contributed by atoms with Crippen LogP contribution in [0, 0.1) is 10.8 Å². The van der Waals surface area contributed by atoms with Crippen molar-refractivity contribution in [2.45, 2.75) is 53.2 Å². The quantitative estimate of drug-likeness (QED) is 0.687. The second-order valence-electron chi connectivity index (χ2n) is 6.07. The Morgan fingerprint density at radius 2 is 1.92 bits per heavy atom. The van der Waals surface area contributed by atoms with E-state index in [0.29, 0.717) is 11.5 Å². The van der Waals surface area contributed by atoms with Crippen molar-refractivity contribution in [3.63, 3.8) is 0 Å². The topological polar surface area (TPSA) is 32.3 Å². The molecule has 0 radical (unpaired) electrons. The third-order valence-electron chi connectivity index (χ3n) is 3.09. The summed E-state index contributed by atoms with van der Waals surface area (Å²) in [6, 6.07) is 0.488. The van der Waals surface area contributed by atoms with E-state index in [9.17, 15) is 5.11 Å². The SMILES string of the molecule is CC(C)(C)CNC1CC(O)C1(C)C. The smallest absolute Gasteiger partial charge is 0.0621 e. The maximum atomic E-state index is 9.54. The van der Waals surface area contributed by atoms with Crippen LogP contribution in [0.25, 0.3) is 0 Å². The summed E-state index contributed by atoms with van der Waals surface area (Å²) in [5.74, 6) is 0. The molecule has 1 fully saturated rings. The van der Waals surface area contributed by atoms with E-state index in [-0.39, 0.29) is 11.5 Å². The Bertz CT molecular complexity index is 181. The standard InChI is InChI=1S/C11H23NO/c1-10(2,3)7-12-8-6-9(13)11(8,4)5/h8-9,12-13H,6-7H2,1-5H3. The Morgan fingerprint density at radius 3 is 2.23 bits per heavy atom. The zero-order valence-electron chi connectivity index (χ0n) is 9.52. The molecule has 0 saturated heterocycles. The second kappa shape index (κ2) is 3.25. The number of hydrogen-bond donors (Lipinski definition) is 2. The highest BCUT2D eigenvalue weighted by Gasteiger charge is 2.46. The monoisotopic (exact) mass is 185 g/mol. The van der Waals surface area contributed by atoms with Crippen LogP contribution in [0.3, 0.4) is 0 Å². The number of hydrogen-bond acceptors (Lipinski definition) is 2. The van der Waals surface area contributed by atoms with Crippen molar-refractivity contribution in [3.8, 4) is 0 Å². The van der Waals surface area contributed by atoms with Gasteiger partial charge in [-0.2, -0.15) is 0 Å². The number of aliphatic hydroxyl groups excluding tert-OH is 1. The summed E-state index contributed by atoms with van der Waals surface area (Å²) >= 11 is 0. The first-order valence-electron chi connectivity index (χ1n) is 5.15. The highest BCUT2D eigenvalue weighted by molar-refractivity contribution is 5.01. The molecule has 0 heterocycles. The number of aliphatic hydroxyl groups is 1. The molecule has 2 atom stereocenters. The fourth-order valence-electron chi connectivity index (χ4n) is 1.68. The van der Waals surface area contributed by atoms with Gasteiger partial charge in [-0.1, -0.05) is 34.6 Å². The molecule has 2 nitrogen and oxygen atoms in total. The van der Waals surface area contributed by atoms with E-state index in [1.165, 1.54) is 0 Å². The third kappa shape index (κ3) is 2.44. The van der Waals surface area contributed by atoms with Gasteiger partial charge in [-0.05, 0) is 11.8 Å². The molecule has 1 saturated carbocycles. The zero-order chi connectivity index (χ0) is 10.3. The van der Waals surface area contributed by atoms with Crippen molar-refractivity contribution >= 4 is 0 Å². The van der Waals surface area contributed by atoms with Gasteiger partial charge < -0.3 is 10.4 Å². The molecular formula is C11H23NO. The number of rotatable bonds is 2. The molecule has 1 rings (SSSR count). The highest BCUT2D eigenvalue weighted by Crippen LogP contribution is 2.40. The van der Waals surface area contributed by atoms with E-state index in [4.69, 9.17) is 0 Å². The van der Waals surface area contributed by atoms with Crippen molar-refractivity contribution < 1.29 is 5.11 Å². The van der Waals surface area contributed by atoms with Crippen LogP contribution in [0.2, 0.25) is 0 Å². The maximum Gasteiger partial charge on any atom is 0.0621 e. The lowest BCUT2D eigenvalue weighted by Gasteiger charge is -2.50. The van der Waals surface area contributed by atoms with Gasteiger partial charge in [-0.3, -0.25) is 0 Å². The summed E-state index contributed by atoms with van der Waals surface area (Å²) in [4.78, 5) is 0. The Morgan fingerprint density at radius 1 is 1.38 bits per heavy atom. The molecular weight excluding hydrogens is 162 g/mol. The lowest BCUT2D eigenvalue weighted by molar-refractivity contribution is -0.0742. The molecule has 0 aliphatic heterocycles. The van der Waals surface area contributed by atoms with Gasteiger partial charge in [0, 0.05) is 18.0 Å². The normalized spacial score (nSPS) is 32.8. The van der Waals surface area contributed by atoms with Gasteiger partial charge in [0.1, 0.15) is 0 Å². The molecule has 2 unspecified atom stereocenters. The van der Waals surface area contributed by atoms with Crippen molar-refractivity contribution in [2.24, 2.45) is 10.8 Å². The average Bonchev–Trinajstić information content (AvgIpc) is 1.95. The molecule has 0 bridgehead atoms. The molecule has 13 heavy (non-hydrogen) atoms. The molecule has 1 aliphatic rings. The molecule has 1 aliphatic carbocycles. The van der Waals surface area contributed by atoms with Gasteiger partial charge in [0.05, 0.1) is 6.10 Å². The van der Waals surface area contributed by atoms with Crippen molar-refractivity contribution in [1.29, 1.82) is 0 Å². The Labute approximate surface area is 81.7 Å². The van der Waals surface area contributed by atoms with Crippen LogP contribution in [0.1, 0.15) is 41.0 Å². The average molecular weight is 185 g/mol. The lowest BCUT2D eigenvalue weighted by Crippen LogP contribution is -2.60. The summed E-state index contributed by atoms with van der Waals surface area (Å²) in [6.45, 7) is 11.9. The van der Waals surface area contributed by atoms with E-state index >= 15 is 0 Å².